The summed E-state index contributed by atoms with van der Waals surface area (Å²) in [4.78, 5) is 11.5. The van der Waals surface area contributed by atoms with Gasteiger partial charge in [-0.2, -0.15) is 8.42 Å². The van der Waals surface area contributed by atoms with Gasteiger partial charge < -0.3 is 0 Å². The average molecular weight is 305 g/mol. The standard InChI is InChI=1S/C15H15NO4S/c1-10-4-6-13(7-5-10)21(18,19)20-16-14-8-9-15(17)12(3)11(14)2/h4-9H,1-3H3. The summed E-state index contributed by atoms with van der Waals surface area (Å²) in [7, 11) is -3.96. The molecule has 0 bridgehead atoms. The molecule has 1 aliphatic carbocycles. The Kier molecular flexibility index (Phi) is 4.09. The third-order valence-electron chi connectivity index (χ3n) is 3.25. The highest BCUT2D eigenvalue weighted by Gasteiger charge is 2.18. The number of hydrogen-bond acceptors (Lipinski definition) is 5. The first kappa shape index (κ1) is 15.2. The summed E-state index contributed by atoms with van der Waals surface area (Å²) >= 11 is 0. The summed E-state index contributed by atoms with van der Waals surface area (Å²) in [5, 5.41) is 3.65. The molecule has 21 heavy (non-hydrogen) atoms. The van der Waals surface area contributed by atoms with Crippen LogP contribution in [-0.2, 0) is 19.2 Å². The molecule has 5 nitrogen and oxygen atoms in total. The van der Waals surface area contributed by atoms with Crippen molar-refractivity contribution in [2.45, 2.75) is 25.7 Å². The van der Waals surface area contributed by atoms with Crippen LogP contribution in [0.2, 0.25) is 0 Å². The monoisotopic (exact) mass is 305 g/mol. The van der Waals surface area contributed by atoms with Crippen LogP contribution in [0.5, 0.6) is 0 Å². The van der Waals surface area contributed by atoms with Gasteiger partial charge in [0.2, 0.25) is 0 Å². The van der Waals surface area contributed by atoms with Gasteiger partial charge in [0.1, 0.15) is 10.6 Å². The lowest BCUT2D eigenvalue weighted by molar-refractivity contribution is -0.111. The number of carbonyl (C=O) groups excluding carboxylic acids is 1. The average Bonchev–Trinajstić information content (AvgIpc) is 2.44. The van der Waals surface area contributed by atoms with Crippen LogP contribution in [0.1, 0.15) is 19.4 Å². The number of benzene rings is 1. The minimum atomic E-state index is -3.96. The lowest BCUT2D eigenvalue weighted by atomic mass is 9.97. The molecule has 6 heteroatoms. The summed E-state index contributed by atoms with van der Waals surface area (Å²) in [5.74, 6) is -0.118. The van der Waals surface area contributed by atoms with Gasteiger partial charge in [-0.3, -0.25) is 9.08 Å². The van der Waals surface area contributed by atoms with Crippen molar-refractivity contribution in [1.82, 2.24) is 0 Å². The van der Waals surface area contributed by atoms with Crippen LogP contribution < -0.4 is 0 Å². The normalized spacial score (nSPS) is 17.5. The van der Waals surface area contributed by atoms with Crippen LogP contribution in [0, 0.1) is 6.92 Å². The lowest BCUT2D eigenvalue weighted by Gasteiger charge is -2.10. The molecule has 0 saturated carbocycles. The fraction of sp³-hybridized carbons (Fsp3) is 0.200. The van der Waals surface area contributed by atoms with Crippen LogP contribution in [0.3, 0.4) is 0 Å². The highest BCUT2D eigenvalue weighted by molar-refractivity contribution is 7.86. The minimum absolute atomic E-state index is 0.0340. The lowest BCUT2D eigenvalue weighted by Crippen LogP contribution is -2.12. The fourth-order valence-corrected chi connectivity index (χ4v) is 2.45. The molecule has 1 aromatic rings. The second kappa shape index (κ2) is 5.65. The maximum Gasteiger partial charge on any atom is 0.358 e. The number of rotatable bonds is 3. The smallest absolute Gasteiger partial charge is 0.290 e. The number of allylic oxidation sites excluding steroid dienone is 4. The molecule has 0 atom stereocenters. The molecule has 0 fully saturated rings. The van der Waals surface area contributed by atoms with Gasteiger partial charge >= 0.3 is 10.1 Å². The minimum Gasteiger partial charge on any atom is -0.290 e. The zero-order valence-electron chi connectivity index (χ0n) is 12.0. The number of carbonyl (C=O) groups is 1. The van der Waals surface area contributed by atoms with Crippen LogP contribution in [-0.4, -0.2) is 19.9 Å². The predicted octanol–water partition coefficient (Wildman–Crippen LogP) is 2.53. The van der Waals surface area contributed by atoms with Crippen molar-refractivity contribution in [3.05, 3.63) is 53.1 Å². The zero-order chi connectivity index (χ0) is 15.6. The fourth-order valence-electron chi connectivity index (χ4n) is 1.72. The van der Waals surface area contributed by atoms with Gasteiger partial charge in [-0.25, -0.2) is 0 Å². The largest absolute Gasteiger partial charge is 0.358 e. The third-order valence-corrected chi connectivity index (χ3v) is 4.37. The van der Waals surface area contributed by atoms with Crippen molar-refractivity contribution in [2.24, 2.45) is 5.16 Å². The van der Waals surface area contributed by atoms with E-state index in [0.717, 1.165) is 5.56 Å². The quantitative estimate of drug-likeness (QED) is 0.635. The van der Waals surface area contributed by atoms with Gasteiger partial charge in [0.25, 0.3) is 0 Å². The molecule has 0 unspecified atom stereocenters. The molecular formula is C15H15NO4S. The topological polar surface area (TPSA) is 72.8 Å². The molecule has 1 aliphatic rings. The third kappa shape index (κ3) is 3.28. The van der Waals surface area contributed by atoms with Crippen molar-refractivity contribution in [3.8, 4) is 0 Å². The van der Waals surface area contributed by atoms with E-state index in [1.165, 1.54) is 24.3 Å². The second-order valence-electron chi connectivity index (χ2n) is 4.77. The van der Waals surface area contributed by atoms with Gasteiger partial charge in [0, 0.05) is 5.57 Å². The van der Waals surface area contributed by atoms with Crippen molar-refractivity contribution in [1.29, 1.82) is 0 Å². The first-order valence-electron chi connectivity index (χ1n) is 6.30. The van der Waals surface area contributed by atoms with Gasteiger partial charge in [0.15, 0.2) is 5.78 Å². The number of nitrogens with zero attached hydrogens (tertiary/aromatic N) is 1. The zero-order valence-corrected chi connectivity index (χ0v) is 12.8. The van der Waals surface area contributed by atoms with E-state index < -0.39 is 10.1 Å². The summed E-state index contributed by atoms with van der Waals surface area (Å²) < 4.78 is 28.7. The number of ketones is 1. The Labute approximate surface area is 123 Å². The second-order valence-corrected chi connectivity index (χ2v) is 6.29. The van der Waals surface area contributed by atoms with E-state index >= 15 is 0 Å². The van der Waals surface area contributed by atoms with Crippen molar-refractivity contribution in [2.75, 3.05) is 0 Å². The summed E-state index contributed by atoms with van der Waals surface area (Å²) in [6, 6.07) is 6.27. The van der Waals surface area contributed by atoms with Crippen LogP contribution >= 0.6 is 0 Å². The molecule has 0 amide bonds. The molecule has 0 aliphatic heterocycles. The summed E-state index contributed by atoms with van der Waals surface area (Å²) in [5.41, 5.74) is 2.39. The maximum absolute atomic E-state index is 12.0. The van der Waals surface area contributed by atoms with Gasteiger partial charge in [-0.15, -0.1) is 0 Å². The molecule has 0 radical (unpaired) electrons. The predicted molar refractivity (Wildman–Crippen MR) is 79.4 cm³/mol. The molecule has 0 saturated heterocycles. The van der Waals surface area contributed by atoms with E-state index in [4.69, 9.17) is 4.28 Å². The highest BCUT2D eigenvalue weighted by atomic mass is 32.2. The van der Waals surface area contributed by atoms with E-state index in [0.29, 0.717) is 16.9 Å². The first-order valence-corrected chi connectivity index (χ1v) is 7.70. The molecular weight excluding hydrogens is 290 g/mol. The Morgan fingerprint density at radius 2 is 1.57 bits per heavy atom. The van der Waals surface area contributed by atoms with Gasteiger partial charge in [-0.1, -0.05) is 22.9 Å². The Balaban J connectivity index is 2.26. The van der Waals surface area contributed by atoms with E-state index in [-0.39, 0.29) is 10.7 Å². The maximum atomic E-state index is 12.0. The van der Waals surface area contributed by atoms with E-state index in [9.17, 15) is 13.2 Å². The number of aryl methyl sites for hydroxylation is 1. The molecule has 2 rings (SSSR count). The van der Waals surface area contributed by atoms with E-state index in [1.54, 1.807) is 26.0 Å². The summed E-state index contributed by atoms with van der Waals surface area (Å²) in [6.07, 6.45) is 2.78. The number of oxime groups is 1. The molecule has 1 aromatic carbocycles. The van der Waals surface area contributed by atoms with E-state index in [2.05, 4.69) is 5.16 Å². The molecule has 110 valence electrons. The molecule has 0 heterocycles. The van der Waals surface area contributed by atoms with Crippen molar-refractivity contribution in [3.63, 3.8) is 0 Å². The van der Waals surface area contributed by atoms with E-state index in [1.807, 2.05) is 6.92 Å². The van der Waals surface area contributed by atoms with Crippen LogP contribution in [0.25, 0.3) is 0 Å². The van der Waals surface area contributed by atoms with Crippen LogP contribution in [0.15, 0.2) is 57.6 Å². The Morgan fingerprint density at radius 3 is 2.19 bits per heavy atom. The Morgan fingerprint density at radius 1 is 0.952 bits per heavy atom. The Bertz CT molecular complexity index is 768. The Hall–Kier alpha value is -2.21. The molecule has 0 spiro atoms. The molecule has 0 aromatic heterocycles. The highest BCUT2D eigenvalue weighted by Crippen LogP contribution is 2.17. The summed E-state index contributed by atoms with van der Waals surface area (Å²) in [6.45, 7) is 5.21. The SMILES string of the molecule is CC1=C(C)C(=NOS(=O)(=O)c2ccc(C)cc2)C=CC1=O. The van der Waals surface area contributed by atoms with Crippen LogP contribution in [0.4, 0.5) is 0 Å². The van der Waals surface area contributed by atoms with Crippen molar-refractivity contribution >= 4 is 21.6 Å². The van der Waals surface area contributed by atoms with Gasteiger partial charge in [-0.05, 0) is 50.6 Å². The molecule has 0 N–H and O–H groups in total. The number of hydrogen-bond donors (Lipinski definition) is 0. The first-order chi connectivity index (χ1) is 9.81. The van der Waals surface area contributed by atoms with Crippen molar-refractivity contribution < 1.29 is 17.5 Å². The van der Waals surface area contributed by atoms with Gasteiger partial charge in [0.05, 0.1) is 0 Å².